The Morgan fingerprint density at radius 1 is 1.23 bits per heavy atom. The quantitative estimate of drug-likeness (QED) is 0.239. The van der Waals surface area contributed by atoms with Crippen molar-refractivity contribution in [2.45, 2.75) is 45.0 Å². The number of carbonyl (C=O) groups is 2. The first kappa shape index (κ1) is 27.8. The van der Waals surface area contributed by atoms with Crippen LogP contribution in [-0.2, 0) is 14.2 Å². The molecule has 3 heterocycles. The highest BCUT2D eigenvalue weighted by Gasteiger charge is 2.56. The Morgan fingerprint density at radius 2 is 2.05 bits per heavy atom. The van der Waals surface area contributed by atoms with Crippen molar-refractivity contribution in [2.24, 2.45) is 17.8 Å². The molecule has 2 aliphatic heterocycles. The van der Waals surface area contributed by atoms with Gasteiger partial charge < -0.3 is 19.9 Å². The standard InChI is InChI=1S/C29H32BBrN2O6/c1-2-11-33-28(36)21-14-19(16-34)26-22(27(21)29(33)37)15-30(38)39-25(26)9-6-17(23-5-3-4-10-32-23)12-18-13-20(31)7-8-24(18)35/h3-5,7-8,10,12-13,21-22,25,27,34-35,38H,2,6,9,11,14-16H2,1H3/b17-12-/t21-,22+,25-,27-/m1/s1. The van der Waals surface area contributed by atoms with E-state index in [1.165, 1.54) is 4.90 Å². The third kappa shape index (κ3) is 5.48. The minimum Gasteiger partial charge on any atom is -0.507 e. The SMILES string of the molecule is CCCN1C(=O)[C@@H]2[C@@H](CC(CO)=C3[C@@H](CC/C(=C/c4cc(Br)ccc4O)c4ccccn4)OB(O)C[C@@H]32)C1=O. The predicted octanol–water partition coefficient (Wildman–Crippen LogP) is 4.07. The Hall–Kier alpha value is -2.79. The van der Waals surface area contributed by atoms with Gasteiger partial charge in [0.05, 0.1) is 30.2 Å². The van der Waals surface area contributed by atoms with Crippen LogP contribution in [0.4, 0.5) is 0 Å². The van der Waals surface area contributed by atoms with Gasteiger partial charge in [-0.25, -0.2) is 0 Å². The van der Waals surface area contributed by atoms with E-state index < -0.39 is 25.1 Å². The highest BCUT2D eigenvalue weighted by Crippen LogP contribution is 2.50. The normalized spacial score (nSPS) is 25.3. The summed E-state index contributed by atoms with van der Waals surface area (Å²) >= 11 is 3.46. The fourth-order valence-corrected chi connectivity index (χ4v) is 6.74. The summed E-state index contributed by atoms with van der Waals surface area (Å²) in [6.45, 7) is 2.08. The summed E-state index contributed by atoms with van der Waals surface area (Å²) in [4.78, 5) is 32.3. The van der Waals surface area contributed by atoms with Gasteiger partial charge in [0.25, 0.3) is 0 Å². The van der Waals surface area contributed by atoms with Crippen molar-refractivity contribution in [2.75, 3.05) is 13.2 Å². The van der Waals surface area contributed by atoms with E-state index in [1.54, 1.807) is 18.3 Å². The molecule has 1 aromatic heterocycles. The van der Waals surface area contributed by atoms with E-state index in [2.05, 4.69) is 20.9 Å². The van der Waals surface area contributed by atoms with Crippen molar-refractivity contribution in [3.8, 4) is 5.75 Å². The fourth-order valence-electron chi connectivity index (χ4n) is 6.36. The first-order chi connectivity index (χ1) is 18.8. The number of amides is 2. The maximum Gasteiger partial charge on any atom is 0.455 e. The molecule has 1 aromatic carbocycles. The molecule has 2 fully saturated rings. The van der Waals surface area contributed by atoms with E-state index in [0.717, 1.165) is 26.9 Å². The smallest absolute Gasteiger partial charge is 0.455 e. The van der Waals surface area contributed by atoms with Crippen molar-refractivity contribution < 1.29 is 29.5 Å². The molecule has 2 aromatic rings. The molecule has 204 valence electrons. The van der Waals surface area contributed by atoms with Crippen molar-refractivity contribution in [1.82, 2.24) is 9.88 Å². The van der Waals surface area contributed by atoms with Gasteiger partial charge in [0.1, 0.15) is 5.75 Å². The number of fused-ring (bicyclic) bond motifs is 3. The number of phenols is 1. The number of imide groups is 1. The number of benzene rings is 1. The molecule has 0 unspecified atom stereocenters. The van der Waals surface area contributed by atoms with E-state index in [-0.39, 0.29) is 36.4 Å². The number of aliphatic hydroxyl groups is 1. The summed E-state index contributed by atoms with van der Waals surface area (Å²) in [5.41, 5.74) is 3.82. The number of phenolic OH excluding ortho intramolecular Hbond substituents is 1. The van der Waals surface area contributed by atoms with Crippen LogP contribution < -0.4 is 0 Å². The molecule has 2 amide bonds. The maximum absolute atomic E-state index is 13.4. The van der Waals surface area contributed by atoms with Gasteiger partial charge in [-0.2, -0.15) is 0 Å². The number of nitrogens with zero attached hydrogens (tertiary/aromatic N) is 2. The average molecular weight is 595 g/mol. The second-order valence-electron chi connectivity index (χ2n) is 10.4. The molecule has 0 saturated carbocycles. The molecule has 3 N–H and O–H groups in total. The van der Waals surface area contributed by atoms with Crippen LogP contribution in [0.1, 0.15) is 43.9 Å². The topological polar surface area (TPSA) is 120 Å². The third-order valence-electron chi connectivity index (χ3n) is 8.03. The van der Waals surface area contributed by atoms with Gasteiger partial charge in [-0.3, -0.25) is 19.5 Å². The molecule has 10 heteroatoms. The van der Waals surface area contributed by atoms with Gasteiger partial charge in [-0.1, -0.05) is 28.9 Å². The van der Waals surface area contributed by atoms with Gasteiger partial charge >= 0.3 is 7.12 Å². The van der Waals surface area contributed by atoms with Crippen LogP contribution in [0, 0.1) is 17.8 Å². The molecule has 1 aliphatic carbocycles. The molecule has 0 bridgehead atoms. The number of aliphatic hydroxyl groups excluding tert-OH is 1. The van der Waals surface area contributed by atoms with Crippen molar-refractivity contribution in [1.29, 1.82) is 0 Å². The first-order valence-electron chi connectivity index (χ1n) is 13.4. The Balaban J connectivity index is 1.47. The van der Waals surface area contributed by atoms with Crippen LogP contribution in [0.5, 0.6) is 5.75 Å². The molecule has 3 aliphatic rings. The van der Waals surface area contributed by atoms with E-state index in [9.17, 15) is 24.8 Å². The van der Waals surface area contributed by atoms with Crippen LogP contribution in [-0.4, -0.2) is 63.3 Å². The van der Waals surface area contributed by atoms with E-state index in [1.807, 2.05) is 37.3 Å². The fraction of sp³-hybridized carbons (Fsp3) is 0.414. The zero-order valence-corrected chi connectivity index (χ0v) is 23.4. The Morgan fingerprint density at radius 3 is 2.77 bits per heavy atom. The first-order valence-corrected chi connectivity index (χ1v) is 14.2. The van der Waals surface area contributed by atoms with Crippen molar-refractivity contribution in [3.05, 3.63) is 69.5 Å². The molecule has 0 radical (unpaired) electrons. The van der Waals surface area contributed by atoms with Gasteiger partial charge in [-0.05, 0) is 91.0 Å². The molecule has 5 rings (SSSR count). The Labute approximate surface area is 236 Å². The summed E-state index contributed by atoms with van der Waals surface area (Å²) in [7, 11) is -1.08. The summed E-state index contributed by atoms with van der Waals surface area (Å²) in [6.07, 6.45) is 5.23. The van der Waals surface area contributed by atoms with Crippen LogP contribution in [0.15, 0.2) is 58.2 Å². The monoisotopic (exact) mass is 594 g/mol. The van der Waals surface area contributed by atoms with E-state index in [0.29, 0.717) is 37.8 Å². The molecule has 8 nitrogen and oxygen atoms in total. The number of halogens is 1. The lowest BCUT2D eigenvalue weighted by Crippen LogP contribution is -2.46. The second-order valence-corrected chi connectivity index (χ2v) is 11.3. The second kappa shape index (κ2) is 11.8. The molecular weight excluding hydrogens is 563 g/mol. The molecular formula is C29H32BBrN2O6. The number of aromatic nitrogens is 1. The lowest BCUT2D eigenvalue weighted by molar-refractivity contribution is -0.140. The lowest BCUT2D eigenvalue weighted by Gasteiger charge is -2.43. The molecule has 2 saturated heterocycles. The number of carbonyl (C=O) groups excluding carboxylic acids is 2. The summed E-state index contributed by atoms with van der Waals surface area (Å²) in [6, 6.07) is 10.8. The van der Waals surface area contributed by atoms with Crippen molar-refractivity contribution >= 4 is 46.5 Å². The highest BCUT2D eigenvalue weighted by atomic mass is 79.9. The number of likely N-dealkylation sites (tertiary alicyclic amines) is 1. The Kier molecular flexibility index (Phi) is 8.37. The average Bonchev–Trinajstić information content (AvgIpc) is 3.17. The number of allylic oxidation sites excluding steroid dienone is 1. The van der Waals surface area contributed by atoms with Gasteiger partial charge in [0.15, 0.2) is 0 Å². The summed E-state index contributed by atoms with van der Waals surface area (Å²) < 4.78 is 6.85. The zero-order chi connectivity index (χ0) is 27.7. The summed E-state index contributed by atoms with van der Waals surface area (Å²) in [5, 5.41) is 31.5. The van der Waals surface area contributed by atoms with E-state index in [4.69, 9.17) is 4.65 Å². The van der Waals surface area contributed by atoms with Gasteiger partial charge in [-0.15, -0.1) is 0 Å². The number of hydrogen-bond donors (Lipinski definition) is 3. The number of aromatic hydroxyl groups is 1. The molecule has 0 spiro atoms. The third-order valence-corrected chi connectivity index (χ3v) is 8.52. The summed E-state index contributed by atoms with van der Waals surface area (Å²) in [5.74, 6) is -1.63. The van der Waals surface area contributed by atoms with Crippen LogP contribution >= 0.6 is 15.9 Å². The highest BCUT2D eigenvalue weighted by molar-refractivity contribution is 9.10. The number of rotatable bonds is 8. The largest absolute Gasteiger partial charge is 0.507 e. The van der Waals surface area contributed by atoms with Gasteiger partial charge in [0.2, 0.25) is 11.8 Å². The van der Waals surface area contributed by atoms with Crippen LogP contribution in [0.2, 0.25) is 6.32 Å². The zero-order valence-electron chi connectivity index (χ0n) is 21.8. The molecule has 39 heavy (non-hydrogen) atoms. The minimum absolute atomic E-state index is 0.140. The maximum atomic E-state index is 13.4. The van der Waals surface area contributed by atoms with Gasteiger partial charge in [0, 0.05) is 22.8 Å². The Bertz CT molecular complexity index is 1320. The molecule has 4 atom stereocenters. The lowest BCUT2D eigenvalue weighted by atomic mass is 9.58. The van der Waals surface area contributed by atoms with Crippen molar-refractivity contribution in [3.63, 3.8) is 0 Å². The predicted molar refractivity (Wildman–Crippen MR) is 151 cm³/mol. The van der Waals surface area contributed by atoms with Crippen LogP contribution in [0.25, 0.3) is 11.6 Å². The van der Waals surface area contributed by atoms with E-state index >= 15 is 0 Å². The number of pyridine rings is 1. The van der Waals surface area contributed by atoms with Crippen LogP contribution in [0.3, 0.4) is 0 Å². The number of hydrogen-bond acceptors (Lipinski definition) is 7. The minimum atomic E-state index is -1.08.